The number of hydrogen-bond donors (Lipinski definition) is 1. The number of halogens is 1. The minimum atomic E-state index is 0.678. The Bertz CT molecular complexity index is 750. The summed E-state index contributed by atoms with van der Waals surface area (Å²) < 4.78 is 0. The minimum Gasteiger partial charge on any atom is -0.398 e. The Kier molecular flexibility index (Phi) is 3.86. The number of anilines is 1. The SMILES string of the molecule is Nc1cc(Cl)ccc1SCc1cccc2ccccc12. The summed E-state index contributed by atoms with van der Waals surface area (Å²) >= 11 is 7.66. The lowest BCUT2D eigenvalue weighted by Crippen LogP contribution is -1.89. The molecule has 0 saturated carbocycles. The van der Waals surface area contributed by atoms with Crippen molar-refractivity contribution in [1.82, 2.24) is 0 Å². The topological polar surface area (TPSA) is 26.0 Å². The fraction of sp³-hybridized carbons (Fsp3) is 0.0588. The number of rotatable bonds is 3. The molecule has 0 bridgehead atoms. The number of hydrogen-bond acceptors (Lipinski definition) is 2. The first-order valence-corrected chi connectivity index (χ1v) is 7.75. The maximum absolute atomic E-state index is 5.99. The molecule has 0 heterocycles. The van der Waals surface area contributed by atoms with E-state index in [0.717, 1.165) is 16.3 Å². The number of fused-ring (bicyclic) bond motifs is 1. The van der Waals surface area contributed by atoms with Crippen LogP contribution in [0.3, 0.4) is 0 Å². The Morgan fingerprint density at radius 1 is 0.950 bits per heavy atom. The van der Waals surface area contributed by atoms with Gasteiger partial charge in [-0.25, -0.2) is 0 Å². The second kappa shape index (κ2) is 5.78. The van der Waals surface area contributed by atoms with Crippen LogP contribution in [0.15, 0.2) is 65.6 Å². The molecule has 0 aliphatic heterocycles. The van der Waals surface area contributed by atoms with Crippen molar-refractivity contribution in [2.45, 2.75) is 10.6 Å². The Balaban J connectivity index is 1.87. The van der Waals surface area contributed by atoms with E-state index < -0.39 is 0 Å². The summed E-state index contributed by atoms with van der Waals surface area (Å²) in [7, 11) is 0. The molecule has 0 aromatic heterocycles. The summed E-state index contributed by atoms with van der Waals surface area (Å²) in [6, 6.07) is 20.5. The van der Waals surface area contributed by atoms with Gasteiger partial charge in [-0.2, -0.15) is 0 Å². The molecular weight excluding hydrogens is 286 g/mol. The number of benzene rings is 3. The van der Waals surface area contributed by atoms with Gasteiger partial charge >= 0.3 is 0 Å². The van der Waals surface area contributed by atoms with Gasteiger partial charge in [0.25, 0.3) is 0 Å². The number of nitrogen functional groups attached to an aromatic ring is 1. The molecule has 0 fully saturated rings. The Hall–Kier alpha value is -1.64. The predicted molar refractivity (Wildman–Crippen MR) is 89.4 cm³/mol. The smallest absolute Gasteiger partial charge is 0.0467 e. The lowest BCUT2D eigenvalue weighted by atomic mass is 10.1. The van der Waals surface area contributed by atoms with E-state index in [-0.39, 0.29) is 0 Å². The molecule has 0 aliphatic rings. The van der Waals surface area contributed by atoms with Gasteiger partial charge in [0.2, 0.25) is 0 Å². The zero-order valence-electron chi connectivity index (χ0n) is 10.8. The molecule has 0 atom stereocenters. The van der Waals surface area contributed by atoms with Gasteiger partial charge in [0.1, 0.15) is 0 Å². The van der Waals surface area contributed by atoms with Crippen molar-refractivity contribution in [1.29, 1.82) is 0 Å². The largest absolute Gasteiger partial charge is 0.398 e. The van der Waals surface area contributed by atoms with Gasteiger partial charge in [-0.15, -0.1) is 11.8 Å². The fourth-order valence-electron chi connectivity index (χ4n) is 2.22. The Labute approximate surface area is 127 Å². The highest BCUT2D eigenvalue weighted by Gasteiger charge is 2.04. The van der Waals surface area contributed by atoms with Crippen LogP contribution in [0.25, 0.3) is 10.8 Å². The molecule has 3 aromatic rings. The van der Waals surface area contributed by atoms with Crippen LogP contribution in [0.5, 0.6) is 0 Å². The van der Waals surface area contributed by atoms with Crippen LogP contribution in [0, 0.1) is 0 Å². The molecule has 0 radical (unpaired) electrons. The fourth-order valence-corrected chi connectivity index (χ4v) is 3.36. The number of nitrogens with two attached hydrogens (primary N) is 1. The predicted octanol–water partition coefficient (Wildman–Crippen LogP) is 5.37. The third kappa shape index (κ3) is 2.77. The summed E-state index contributed by atoms with van der Waals surface area (Å²) in [6.45, 7) is 0. The monoisotopic (exact) mass is 299 g/mol. The molecule has 3 rings (SSSR count). The van der Waals surface area contributed by atoms with E-state index in [2.05, 4.69) is 42.5 Å². The number of thioether (sulfide) groups is 1. The first-order valence-electron chi connectivity index (χ1n) is 6.38. The van der Waals surface area contributed by atoms with Gasteiger partial charge in [-0.1, -0.05) is 54.1 Å². The molecule has 0 saturated heterocycles. The van der Waals surface area contributed by atoms with Gasteiger partial charge < -0.3 is 5.73 Å². The normalized spacial score (nSPS) is 10.8. The summed E-state index contributed by atoms with van der Waals surface area (Å²) in [5, 5.41) is 3.25. The van der Waals surface area contributed by atoms with Crippen molar-refractivity contribution >= 4 is 39.8 Å². The zero-order chi connectivity index (χ0) is 13.9. The van der Waals surface area contributed by atoms with Gasteiger partial charge in [0.05, 0.1) is 0 Å². The van der Waals surface area contributed by atoms with Gasteiger partial charge in [0, 0.05) is 21.4 Å². The highest BCUT2D eigenvalue weighted by molar-refractivity contribution is 7.98. The lowest BCUT2D eigenvalue weighted by molar-refractivity contribution is 1.41. The van der Waals surface area contributed by atoms with Crippen LogP contribution in [-0.2, 0) is 5.75 Å². The third-order valence-corrected chi connectivity index (χ3v) is 4.61. The van der Waals surface area contributed by atoms with E-state index in [9.17, 15) is 0 Å². The van der Waals surface area contributed by atoms with Crippen LogP contribution < -0.4 is 5.73 Å². The first-order chi connectivity index (χ1) is 9.74. The van der Waals surface area contributed by atoms with E-state index >= 15 is 0 Å². The molecule has 0 unspecified atom stereocenters. The van der Waals surface area contributed by atoms with Gasteiger partial charge in [0.15, 0.2) is 0 Å². The van der Waals surface area contributed by atoms with Crippen LogP contribution in [0.4, 0.5) is 5.69 Å². The molecule has 100 valence electrons. The molecule has 0 aliphatic carbocycles. The van der Waals surface area contributed by atoms with Crippen LogP contribution >= 0.6 is 23.4 Å². The van der Waals surface area contributed by atoms with Crippen LogP contribution in [-0.4, -0.2) is 0 Å². The second-order valence-electron chi connectivity index (χ2n) is 4.61. The van der Waals surface area contributed by atoms with E-state index in [0.29, 0.717) is 5.02 Å². The lowest BCUT2D eigenvalue weighted by Gasteiger charge is -2.08. The third-order valence-electron chi connectivity index (χ3n) is 3.23. The van der Waals surface area contributed by atoms with Crippen molar-refractivity contribution in [2.75, 3.05) is 5.73 Å². The first kappa shape index (κ1) is 13.3. The maximum atomic E-state index is 5.99. The molecule has 3 aromatic carbocycles. The highest BCUT2D eigenvalue weighted by Crippen LogP contribution is 2.32. The average molecular weight is 300 g/mol. The van der Waals surface area contributed by atoms with E-state index in [1.54, 1.807) is 17.8 Å². The summed E-state index contributed by atoms with van der Waals surface area (Å²) in [4.78, 5) is 1.07. The van der Waals surface area contributed by atoms with Crippen LogP contribution in [0.1, 0.15) is 5.56 Å². The molecule has 1 nitrogen and oxygen atoms in total. The van der Waals surface area contributed by atoms with Crippen molar-refractivity contribution < 1.29 is 0 Å². The minimum absolute atomic E-state index is 0.678. The molecular formula is C17H14ClNS. The van der Waals surface area contributed by atoms with E-state index in [1.807, 2.05) is 12.1 Å². The Morgan fingerprint density at radius 2 is 1.75 bits per heavy atom. The second-order valence-corrected chi connectivity index (χ2v) is 6.06. The molecule has 2 N–H and O–H groups in total. The zero-order valence-corrected chi connectivity index (χ0v) is 12.4. The molecule has 0 spiro atoms. The molecule has 0 amide bonds. The van der Waals surface area contributed by atoms with E-state index in [4.69, 9.17) is 17.3 Å². The van der Waals surface area contributed by atoms with E-state index in [1.165, 1.54) is 16.3 Å². The van der Waals surface area contributed by atoms with Crippen LogP contribution in [0.2, 0.25) is 5.02 Å². The van der Waals surface area contributed by atoms with Crippen molar-refractivity contribution in [3.63, 3.8) is 0 Å². The van der Waals surface area contributed by atoms with Gasteiger partial charge in [-0.3, -0.25) is 0 Å². The summed E-state index contributed by atoms with van der Waals surface area (Å²) in [6.07, 6.45) is 0. The highest BCUT2D eigenvalue weighted by atomic mass is 35.5. The molecule has 20 heavy (non-hydrogen) atoms. The molecule has 3 heteroatoms. The van der Waals surface area contributed by atoms with Crippen molar-refractivity contribution in [3.05, 3.63) is 71.2 Å². The summed E-state index contributed by atoms with van der Waals surface area (Å²) in [5.41, 5.74) is 8.05. The average Bonchev–Trinajstić information content (AvgIpc) is 2.46. The Morgan fingerprint density at radius 3 is 2.60 bits per heavy atom. The standard InChI is InChI=1S/C17H14ClNS/c18-14-8-9-17(16(19)10-14)20-11-13-6-3-5-12-4-1-2-7-15(12)13/h1-10H,11,19H2. The quantitative estimate of drug-likeness (QED) is 0.520. The summed E-state index contributed by atoms with van der Waals surface area (Å²) in [5.74, 6) is 0.896. The van der Waals surface area contributed by atoms with Crippen molar-refractivity contribution in [2.24, 2.45) is 0 Å². The maximum Gasteiger partial charge on any atom is 0.0467 e. The van der Waals surface area contributed by atoms with Gasteiger partial charge in [-0.05, 0) is 34.5 Å². The van der Waals surface area contributed by atoms with Crippen molar-refractivity contribution in [3.8, 4) is 0 Å².